The van der Waals surface area contributed by atoms with Crippen LogP contribution in [-0.2, 0) is 11.3 Å². The summed E-state index contributed by atoms with van der Waals surface area (Å²) < 4.78 is 2.25. The highest BCUT2D eigenvalue weighted by Gasteiger charge is 2.19. The second-order valence-corrected chi connectivity index (χ2v) is 5.14. The van der Waals surface area contributed by atoms with Crippen molar-refractivity contribution >= 4 is 16.9 Å². The van der Waals surface area contributed by atoms with Crippen molar-refractivity contribution in [3.8, 4) is 0 Å². The molecule has 0 N–H and O–H groups in total. The molecular formula is C15H19N3O. The van der Waals surface area contributed by atoms with Gasteiger partial charge >= 0.3 is 0 Å². The van der Waals surface area contributed by atoms with Gasteiger partial charge < -0.3 is 9.47 Å². The molecule has 1 amide bonds. The lowest BCUT2D eigenvalue weighted by atomic mass is 10.3. The van der Waals surface area contributed by atoms with Crippen molar-refractivity contribution in [2.75, 3.05) is 13.1 Å². The van der Waals surface area contributed by atoms with Crippen LogP contribution < -0.4 is 0 Å². The second-order valence-electron chi connectivity index (χ2n) is 5.14. The summed E-state index contributed by atoms with van der Waals surface area (Å²) in [5.74, 6) is 1.36. The fourth-order valence-electron chi connectivity index (χ4n) is 2.84. The summed E-state index contributed by atoms with van der Waals surface area (Å²) in [5.41, 5.74) is 2.24. The first kappa shape index (κ1) is 12.2. The Morgan fingerprint density at radius 3 is 2.89 bits per heavy atom. The van der Waals surface area contributed by atoms with E-state index in [0.29, 0.717) is 5.91 Å². The van der Waals surface area contributed by atoms with Crippen molar-refractivity contribution in [2.24, 2.45) is 0 Å². The van der Waals surface area contributed by atoms with Gasteiger partial charge in [0.1, 0.15) is 5.82 Å². The first-order chi connectivity index (χ1) is 9.25. The first-order valence-electron chi connectivity index (χ1n) is 6.95. The SMILES string of the molecule is Cc1nc2ccccc2n1CCCN1CCCC1=O. The smallest absolute Gasteiger partial charge is 0.222 e. The van der Waals surface area contributed by atoms with Crippen molar-refractivity contribution < 1.29 is 4.79 Å². The molecule has 100 valence electrons. The van der Waals surface area contributed by atoms with Crippen LogP contribution in [0.15, 0.2) is 24.3 Å². The summed E-state index contributed by atoms with van der Waals surface area (Å²) in [7, 11) is 0. The third kappa shape index (κ3) is 2.35. The number of amides is 1. The minimum atomic E-state index is 0.312. The molecule has 0 unspecified atom stereocenters. The average Bonchev–Trinajstić information content (AvgIpc) is 2.94. The highest BCUT2D eigenvalue weighted by atomic mass is 16.2. The number of benzene rings is 1. The van der Waals surface area contributed by atoms with Gasteiger partial charge in [-0.1, -0.05) is 12.1 Å². The first-order valence-corrected chi connectivity index (χ1v) is 6.95. The van der Waals surface area contributed by atoms with E-state index in [4.69, 9.17) is 0 Å². The van der Waals surface area contributed by atoms with E-state index in [1.54, 1.807) is 0 Å². The Morgan fingerprint density at radius 1 is 1.26 bits per heavy atom. The van der Waals surface area contributed by atoms with Gasteiger partial charge in [-0.3, -0.25) is 4.79 Å². The maximum Gasteiger partial charge on any atom is 0.222 e. The van der Waals surface area contributed by atoms with Gasteiger partial charge in [0, 0.05) is 26.1 Å². The van der Waals surface area contributed by atoms with Gasteiger partial charge in [-0.25, -0.2) is 4.98 Å². The molecule has 0 radical (unpaired) electrons. The third-order valence-corrected chi connectivity index (χ3v) is 3.83. The van der Waals surface area contributed by atoms with E-state index >= 15 is 0 Å². The number of likely N-dealkylation sites (tertiary alicyclic amines) is 1. The number of fused-ring (bicyclic) bond motifs is 1. The molecule has 0 saturated carbocycles. The Bertz CT molecular complexity index is 602. The highest BCUT2D eigenvalue weighted by molar-refractivity contribution is 5.78. The minimum absolute atomic E-state index is 0.312. The summed E-state index contributed by atoms with van der Waals surface area (Å²) in [6.45, 7) is 4.77. The van der Waals surface area contributed by atoms with Gasteiger partial charge in [-0.15, -0.1) is 0 Å². The van der Waals surface area contributed by atoms with Crippen LogP contribution in [0.5, 0.6) is 0 Å². The fourth-order valence-corrected chi connectivity index (χ4v) is 2.84. The largest absolute Gasteiger partial charge is 0.343 e. The van der Waals surface area contributed by atoms with Gasteiger partial charge in [-0.05, 0) is 31.9 Å². The molecule has 1 aromatic carbocycles. The lowest BCUT2D eigenvalue weighted by Gasteiger charge is -2.15. The molecule has 2 aromatic rings. The van der Waals surface area contributed by atoms with E-state index < -0.39 is 0 Å². The zero-order chi connectivity index (χ0) is 13.2. The summed E-state index contributed by atoms with van der Waals surface area (Å²) in [5, 5.41) is 0. The van der Waals surface area contributed by atoms with Crippen molar-refractivity contribution in [1.82, 2.24) is 14.5 Å². The standard InChI is InChI=1S/C15H19N3O/c1-12-16-13-6-2-3-7-14(13)18(12)11-5-10-17-9-4-8-15(17)19/h2-3,6-7H,4-5,8-11H2,1H3. The quantitative estimate of drug-likeness (QED) is 0.843. The van der Waals surface area contributed by atoms with Gasteiger partial charge in [0.15, 0.2) is 0 Å². The maximum absolute atomic E-state index is 11.6. The minimum Gasteiger partial charge on any atom is -0.343 e. The van der Waals surface area contributed by atoms with E-state index in [2.05, 4.69) is 15.6 Å². The number of aryl methyl sites for hydroxylation is 2. The highest BCUT2D eigenvalue weighted by Crippen LogP contribution is 2.16. The van der Waals surface area contributed by atoms with Crippen molar-refractivity contribution in [3.05, 3.63) is 30.1 Å². The summed E-state index contributed by atoms with van der Waals surface area (Å²) in [4.78, 5) is 18.1. The Labute approximate surface area is 113 Å². The molecule has 1 fully saturated rings. The lowest BCUT2D eigenvalue weighted by molar-refractivity contribution is -0.127. The normalized spacial score (nSPS) is 15.6. The summed E-state index contributed by atoms with van der Waals surface area (Å²) in [6, 6.07) is 8.21. The molecule has 19 heavy (non-hydrogen) atoms. The lowest BCUT2D eigenvalue weighted by Crippen LogP contribution is -2.26. The third-order valence-electron chi connectivity index (χ3n) is 3.83. The zero-order valence-corrected chi connectivity index (χ0v) is 11.3. The van der Waals surface area contributed by atoms with Crippen LogP contribution in [0.2, 0.25) is 0 Å². The monoisotopic (exact) mass is 257 g/mol. The Balaban J connectivity index is 1.68. The molecule has 0 aliphatic carbocycles. The number of para-hydroxylation sites is 2. The topological polar surface area (TPSA) is 38.1 Å². The van der Waals surface area contributed by atoms with Crippen LogP contribution in [0, 0.1) is 6.92 Å². The molecule has 4 heteroatoms. The molecule has 1 aromatic heterocycles. The van der Waals surface area contributed by atoms with E-state index in [1.807, 2.05) is 30.0 Å². The molecule has 3 rings (SSSR count). The zero-order valence-electron chi connectivity index (χ0n) is 11.3. The predicted octanol–water partition coefficient (Wildman–Crippen LogP) is 2.36. The molecule has 0 bridgehead atoms. The van der Waals surface area contributed by atoms with E-state index in [1.165, 1.54) is 5.52 Å². The number of aromatic nitrogens is 2. The van der Waals surface area contributed by atoms with E-state index in [0.717, 1.165) is 50.2 Å². The van der Waals surface area contributed by atoms with Crippen LogP contribution in [0.3, 0.4) is 0 Å². The van der Waals surface area contributed by atoms with Gasteiger partial charge in [0.25, 0.3) is 0 Å². The Morgan fingerprint density at radius 2 is 2.11 bits per heavy atom. The van der Waals surface area contributed by atoms with Crippen molar-refractivity contribution in [1.29, 1.82) is 0 Å². The molecule has 2 heterocycles. The number of carbonyl (C=O) groups excluding carboxylic acids is 1. The van der Waals surface area contributed by atoms with Crippen LogP contribution in [-0.4, -0.2) is 33.4 Å². The van der Waals surface area contributed by atoms with E-state index in [-0.39, 0.29) is 0 Å². The van der Waals surface area contributed by atoms with Gasteiger partial charge in [0.2, 0.25) is 5.91 Å². The predicted molar refractivity (Wildman–Crippen MR) is 74.9 cm³/mol. The van der Waals surface area contributed by atoms with Crippen LogP contribution in [0.4, 0.5) is 0 Å². The van der Waals surface area contributed by atoms with Crippen LogP contribution >= 0.6 is 0 Å². The Kier molecular flexibility index (Phi) is 3.23. The molecule has 4 nitrogen and oxygen atoms in total. The number of rotatable bonds is 4. The van der Waals surface area contributed by atoms with Crippen molar-refractivity contribution in [3.63, 3.8) is 0 Å². The van der Waals surface area contributed by atoms with Crippen LogP contribution in [0.25, 0.3) is 11.0 Å². The number of carbonyl (C=O) groups is 1. The number of nitrogens with zero attached hydrogens (tertiary/aromatic N) is 3. The molecule has 1 saturated heterocycles. The number of imidazole rings is 1. The number of hydrogen-bond donors (Lipinski definition) is 0. The van der Waals surface area contributed by atoms with Gasteiger partial charge in [0.05, 0.1) is 11.0 Å². The summed E-state index contributed by atoms with van der Waals surface area (Å²) >= 11 is 0. The molecule has 0 spiro atoms. The van der Waals surface area contributed by atoms with Crippen LogP contribution in [0.1, 0.15) is 25.1 Å². The molecule has 1 aliphatic rings. The fraction of sp³-hybridized carbons (Fsp3) is 0.467. The Hall–Kier alpha value is -1.84. The molecular weight excluding hydrogens is 238 g/mol. The second kappa shape index (κ2) is 5.03. The molecule has 0 atom stereocenters. The summed E-state index contributed by atoms with van der Waals surface area (Å²) in [6.07, 6.45) is 2.74. The van der Waals surface area contributed by atoms with E-state index in [9.17, 15) is 4.79 Å². The number of hydrogen-bond acceptors (Lipinski definition) is 2. The van der Waals surface area contributed by atoms with Crippen molar-refractivity contribution in [2.45, 2.75) is 32.7 Å². The van der Waals surface area contributed by atoms with Gasteiger partial charge in [-0.2, -0.15) is 0 Å². The average molecular weight is 257 g/mol. The molecule has 1 aliphatic heterocycles. The maximum atomic E-state index is 11.6.